The molecule has 5 rings (SSSR count). The number of hydrogen-bond donors (Lipinski definition) is 1. The van der Waals surface area contributed by atoms with Crippen LogP contribution in [0.4, 0.5) is 10.5 Å². The summed E-state index contributed by atoms with van der Waals surface area (Å²) in [5.74, 6) is -0.625. The van der Waals surface area contributed by atoms with Crippen molar-refractivity contribution in [1.82, 2.24) is 9.88 Å². The largest absolute Gasteiger partial charge is 0.494 e. The van der Waals surface area contributed by atoms with E-state index in [9.17, 15) is 14.4 Å². The maximum atomic E-state index is 13.3. The molecule has 186 valence electrons. The lowest BCUT2D eigenvalue weighted by molar-refractivity contribution is -0.122. The van der Waals surface area contributed by atoms with Crippen molar-refractivity contribution >= 4 is 52.1 Å². The van der Waals surface area contributed by atoms with Crippen LogP contribution in [0.3, 0.4) is 0 Å². The summed E-state index contributed by atoms with van der Waals surface area (Å²) < 4.78 is 7.88. The van der Waals surface area contributed by atoms with Crippen molar-refractivity contribution < 1.29 is 19.1 Å². The Bertz CT molecular complexity index is 1540. The summed E-state index contributed by atoms with van der Waals surface area (Å²) in [7, 11) is 0. The highest BCUT2D eigenvalue weighted by Crippen LogP contribution is 2.29. The van der Waals surface area contributed by atoms with Gasteiger partial charge < -0.3 is 9.30 Å². The third-order valence-electron chi connectivity index (χ3n) is 6.19. The molecule has 0 aliphatic carbocycles. The van der Waals surface area contributed by atoms with Gasteiger partial charge in [-0.05, 0) is 55.3 Å². The third-order valence-corrected chi connectivity index (χ3v) is 6.60. The first-order valence-electron chi connectivity index (χ1n) is 11.9. The minimum atomic E-state index is -0.812. The van der Waals surface area contributed by atoms with Gasteiger partial charge in [-0.25, -0.2) is 9.69 Å². The molecule has 8 heteroatoms. The monoisotopic (exact) mass is 513 g/mol. The van der Waals surface area contributed by atoms with Gasteiger partial charge >= 0.3 is 6.03 Å². The van der Waals surface area contributed by atoms with Crippen LogP contribution < -0.4 is 15.0 Å². The molecule has 4 amide bonds. The molecule has 4 aromatic rings. The van der Waals surface area contributed by atoms with Gasteiger partial charge in [0.15, 0.2) is 0 Å². The molecular weight excluding hydrogens is 490 g/mol. The van der Waals surface area contributed by atoms with E-state index in [1.54, 1.807) is 12.1 Å². The van der Waals surface area contributed by atoms with E-state index in [4.69, 9.17) is 16.3 Å². The Labute approximate surface area is 218 Å². The standard InChI is InChI=1S/C29H24ClN3O4/c1-19-12-13-21(17-25(19)30)33-28(35)24(27(34)31-29(33)36)16-20-18-32(26-11-6-5-10-23(20)26)14-7-15-37-22-8-3-2-4-9-22/h2-6,8-13,16-18H,7,14-15H2,1H3,(H,31,34,36)/b24-16-. The molecule has 0 bridgehead atoms. The number of carbonyl (C=O) groups excluding carboxylic acids is 3. The topological polar surface area (TPSA) is 80.6 Å². The Balaban J connectivity index is 1.42. The maximum absolute atomic E-state index is 13.3. The number of fused-ring (bicyclic) bond motifs is 1. The van der Waals surface area contributed by atoms with Crippen LogP contribution in [0.5, 0.6) is 5.75 Å². The summed E-state index contributed by atoms with van der Waals surface area (Å²) in [6, 6.07) is 21.5. The summed E-state index contributed by atoms with van der Waals surface area (Å²) in [5.41, 5.74) is 2.64. The van der Waals surface area contributed by atoms with Crippen molar-refractivity contribution in [2.24, 2.45) is 0 Å². The number of halogens is 1. The fraction of sp³-hybridized carbons (Fsp3) is 0.138. The summed E-state index contributed by atoms with van der Waals surface area (Å²) in [6.07, 6.45) is 4.20. The van der Waals surface area contributed by atoms with Gasteiger partial charge in [0.25, 0.3) is 11.8 Å². The Morgan fingerprint density at radius 1 is 0.973 bits per heavy atom. The molecule has 0 radical (unpaired) electrons. The van der Waals surface area contributed by atoms with Gasteiger partial charge in [0.2, 0.25) is 0 Å². The highest BCUT2D eigenvalue weighted by atomic mass is 35.5. The summed E-state index contributed by atoms with van der Waals surface area (Å²) >= 11 is 6.22. The molecule has 1 aromatic heterocycles. The Morgan fingerprint density at radius 2 is 1.73 bits per heavy atom. The van der Waals surface area contributed by atoms with Crippen LogP contribution in [0.25, 0.3) is 17.0 Å². The summed E-state index contributed by atoms with van der Waals surface area (Å²) in [5, 5.41) is 3.57. The first kappa shape index (κ1) is 24.3. The van der Waals surface area contributed by atoms with Crippen LogP contribution in [0.15, 0.2) is 84.6 Å². The van der Waals surface area contributed by atoms with Crippen LogP contribution in [0, 0.1) is 6.92 Å². The van der Waals surface area contributed by atoms with Crippen LogP contribution >= 0.6 is 11.6 Å². The molecule has 7 nitrogen and oxygen atoms in total. The average molecular weight is 514 g/mol. The van der Waals surface area contributed by atoms with Crippen LogP contribution in [-0.2, 0) is 16.1 Å². The number of hydrogen-bond acceptors (Lipinski definition) is 4. The highest BCUT2D eigenvalue weighted by molar-refractivity contribution is 6.39. The van der Waals surface area contributed by atoms with E-state index >= 15 is 0 Å². The molecule has 0 spiro atoms. The Kier molecular flexibility index (Phi) is 6.79. The van der Waals surface area contributed by atoms with E-state index < -0.39 is 17.8 Å². The number of amides is 4. The minimum Gasteiger partial charge on any atom is -0.494 e. The number of rotatable bonds is 7. The number of nitrogens with zero attached hydrogens (tertiary/aromatic N) is 2. The Hall–Kier alpha value is -4.36. The molecule has 1 fully saturated rings. The molecule has 0 unspecified atom stereocenters. The molecule has 1 aliphatic heterocycles. The molecule has 1 N–H and O–H groups in total. The lowest BCUT2D eigenvalue weighted by Gasteiger charge is -2.26. The zero-order chi connectivity index (χ0) is 25.9. The van der Waals surface area contributed by atoms with Gasteiger partial charge in [-0.3, -0.25) is 14.9 Å². The van der Waals surface area contributed by atoms with E-state index in [1.807, 2.05) is 67.7 Å². The predicted molar refractivity (Wildman–Crippen MR) is 144 cm³/mol. The molecular formula is C29H24ClN3O4. The average Bonchev–Trinajstić information content (AvgIpc) is 3.24. The third kappa shape index (κ3) is 4.99. The number of carbonyl (C=O) groups is 3. The smallest absolute Gasteiger partial charge is 0.335 e. The van der Waals surface area contributed by atoms with Gasteiger partial charge in [-0.1, -0.05) is 54.1 Å². The second kappa shape index (κ2) is 10.3. The van der Waals surface area contributed by atoms with Crippen molar-refractivity contribution in [1.29, 1.82) is 0 Å². The summed E-state index contributed by atoms with van der Waals surface area (Å²) in [4.78, 5) is 39.5. The molecule has 0 saturated carbocycles. The van der Waals surface area contributed by atoms with Gasteiger partial charge in [-0.2, -0.15) is 0 Å². The van der Waals surface area contributed by atoms with E-state index in [0.717, 1.165) is 33.5 Å². The van der Waals surface area contributed by atoms with E-state index in [1.165, 1.54) is 12.1 Å². The minimum absolute atomic E-state index is 0.133. The first-order valence-corrected chi connectivity index (χ1v) is 12.2. The molecule has 1 saturated heterocycles. The van der Waals surface area contributed by atoms with Crippen molar-refractivity contribution in [3.8, 4) is 5.75 Å². The molecule has 0 atom stereocenters. The number of nitrogens with one attached hydrogen (secondary N) is 1. The lowest BCUT2D eigenvalue weighted by Crippen LogP contribution is -2.54. The van der Waals surface area contributed by atoms with E-state index in [0.29, 0.717) is 23.7 Å². The van der Waals surface area contributed by atoms with Crippen LogP contribution in [0.2, 0.25) is 5.02 Å². The number of ether oxygens (including phenoxy) is 1. The maximum Gasteiger partial charge on any atom is 0.335 e. The molecule has 1 aliphatic rings. The van der Waals surface area contributed by atoms with Gasteiger partial charge in [0.05, 0.1) is 12.3 Å². The zero-order valence-electron chi connectivity index (χ0n) is 20.1. The first-order chi connectivity index (χ1) is 17.9. The molecule has 3 aromatic carbocycles. The number of barbiturate groups is 1. The van der Waals surface area contributed by atoms with E-state index in [2.05, 4.69) is 9.88 Å². The SMILES string of the molecule is Cc1ccc(N2C(=O)NC(=O)/C(=C/c3cn(CCCOc4ccccc4)c4ccccc34)C2=O)cc1Cl. The normalized spacial score (nSPS) is 14.9. The van der Waals surface area contributed by atoms with Crippen molar-refractivity contribution in [2.45, 2.75) is 19.9 Å². The molecule has 2 heterocycles. The number of para-hydroxylation sites is 2. The van der Waals surface area contributed by atoms with Gasteiger partial charge in [0, 0.05) is 34.2 Å². The van der Waals surface area contributed by atoms with Gasteiger partial charge in [0.1, 0.15) is 11.3 Å². The fourth-order valence-corrected chi connectivity index (χ4v) is 4.46. The summed E-state index contributed by atoms with van der Waals surface area (Å²) in [6.45, 7) is 3.05. The van der Waals surface area contributed by atoms with E-state index in [-0.39, 0.29) is 11.3 Å². The predicted octanol–water partition coefficient (Wildman–Crippen LogP) is 5.74. The quantitative estimate of drug-likeness (QED) is 0.194. The lowest BCUT2D eigenvalue weighted by atomic mass is 10.1. The fourth-order valence-electron chi connectivity index (χ4n) is 4.29. The van der Waals surface area contributed by atoms with Crippen LogP contribution in [0.1, 0.15) is 17.5 Å². The number of anilines is 1. The second-order valence-corrected chi connectivity index (χ2v) is 9.11. The number of imide groups is 2. The Morgan fingerprint density at radius 3 is 2.51 bits per heavy atom. The number of aryl methyl sites for hydroxylation is 2. The van der Waals surface area contributed by atoms with Crippen molar-refractivity contribution in [2.75, 3.05) is 11.5 Å². The zero-order valence-corrected chi connectivity index (χ0v) is 20.9. The highest BCUT2D eigenvalue weighted by Gasteiger charge is 2.37. The number of benzene rings is 3. The number of aromatic nitrogens is 1. The molecule has 37 heavy (non-hydrogen) atoms. The van der Waals surface area contributed by atoms with Crippen LogP contribution in [-0.4, -0.2) is 29.0 Å². The van der Waals surface area contributed by atoms with Crippen molar-refractivity contribution in [3.63, 3.8) is 0 Å². The van der Waals surface area contributed by atoms with Crippen molar-refractivity contribution in [3.05, 3.63) is 101 Å². The number of urea groups is 1. The second-order valence-electron chi connectivity index (χ2n) is 8.70. The van der Waals surface area contributed by atoms with Gasteiger partial charge in [-0.15, -0.1) is 0 Å².